The summed E-state index contributed by atoms with van der Waals surface area (Å²) >= 11 is 0. The maximum atomic E-state index is 11.9. The van der Waals surface area contributed by atoms with E-state index in [1.54, 1.807) is 0 Å². The number of carbonyl (C=O) groups excluding carboxylic acids is 1. The average Bonchev–Trinajstić information content (AvgIpc) is 2.24. The topological polar surface area (TPSA) is 69.6 Å². The summed E-state index contributed by atoms with van der Waals surface area (Å²) in [6.07, 6.45) is 6.88. The molecule has 2 fully saturated rings. The predicted molar refractivity (Wildman–Crippen MR) is 64.4 cm³/mol. The van der Waals surface area contributed by atoms with Crippen LogP contribution in [0.5, 0.6) is 0 Å². The van der Waals surface area contributed by atoms with Gasteiger partial charge in [-0.25, -0.2) is 0 Å². The summed E-state index contributed by atoms with van der Waals surface area (Å²) in [5, 5.41) is 22.7. The molecule has 0 heterocycles. The van der Waals surface area contributed by atoms with Gasteiger partial charge in [0.1, 0.15) is 5.60 Å². The van der Waals surface area contributed by atoms with Crippen LogP contribution in [0.3, 0.4) is 0 Å². The standard InChI is InChI=1S/C13H23NO3/c15-11(10-5-4-6-10)9-14-12(16)13(17)7-2-1-3-8-13/h10-11,15,17H,1-9H2,(H,14,16). The van der Waals surface area contributed by atoms with Gasteiger partial charge in [0.25, 0.3) is 5.91 Å². The van der Waals surface area contributed by atoms with E-state index >= 15 is 0 Å². The average molecular weight is 241 g/mol. The van der Waals surface area contributed by atoms with Crippen LogP contribution in [-0.2, 0) is 4.79 Å². The minimum atomic E-state index is -1.18. The highest BCUT2D eigenvalue weighted by atomic mass is 16.3. The van der Waals surface area contributed by atoms with Gasteiger partial charge in [0.15, 0.2) is 0 Å². The fourth-order valence-electron chi connectivity index (χ4n) is 2.72. The largest absolute Gasteiger partial charge is 0.391 e. The van der Waals surface area contributed by atoms with Crippen LogP contribution in [0.25, 0.3) is 0 Å². The molecule has 2 saturated carbocycles. The Morgan fingerprint density at radius 2 is 1.88 bits per heavy atom. The lowest BCUT2D eigenvalue weighted by Gasteiger charge is -2.33. The molecule has 0 radical (unpaired) electrons. The Bertz CT molecular complexity index is 270. The molecular weight excluding hydrogens is 218 g/mol. The van der Waals surface area contributed by atoms with Crippen molar-refractivity contribution in [1.82, 2.24) is 5.32 Å². The van der Waals surface area contributed by atoms with E-state index in [-0.39, 0.29) is 12.5 Å². The third-order valence-electron chi connectivity index (χ3n) is 4.27. The van der Waals surface area contributed by atoms with Gasteiger partial charge in [-0.3, -0.25) is 4.79 Å². The van der Waals surface area contributed by atoms with Crippen molar-refractivity contribution in [2.24, 2.45) is 5.92 Å². The fraction of sp³-hybridized carbons (Fsp3) is 0.923. The molecule has 0 spiro atoms. The Kier molecular flexibility index (Phi) is 4.05. The SMILES string of the molecule is O=C(NCC(O)C1CCC1)C1(O)CCCCC1. The lowest BCUT2D eigenvalue weighted by Crippen LogP contribution is -2.50. The van der Waals surface area contributed by atoms with Crippen molar-refractivity contribution in [2.75, 3.05) is 6.54 Å². The summed E-state index contributed by atoms with van der Waals surface area (Å²) < 4.78 is 0. The monoisotopic (exact) mass is 241 g/mol. The summed E-state index contributed by atoms with van der Waals surface area (Å²) in [5.74, 6) is 0.0480. The molecule has 3 N–H and O–H groups in total. The molecule has 0 aromatic heterocycles. The smallest absolute Gasteiger partial charge is 0.252 e. The van der Waals surface area contributed by atoms with Crippen molar-refractivity contribution in [3.05, 3.63) is 0 Å². The molecule has 0 aromatic carbocycles. The second-order valence-corrected chi connectivity index (χ2v) is 5.56. The third-order valence-corrected chi connectivity index (χ3v) is 4.27. The number of hydrogen-bond acceptors (Lipinski definition) is 3. The molecule has 0 aliphatic heterocycles. The fourth-order valence-corrected chi connectivity index (χ4v) is 2.72. The number of rotatable bonds is 4. The number of aliphatic hydroxyl groups is 2. The van der Waals surface area contributed by atoms with Gasteiger partial charge in [-0.15, -0.1) is 0 Å². The van der Waals surface area contributed by atoms with Gasteiger partial charge in [-0.05, 0) is 31.6 Å². The molecule has 98 valence electrons. The van der Waals surface area contributed by atoms with Crippen LogP contribution in [0.15, 0.2) is 0 Å². The highest BCUT2D eigenvalue weighted by Gasteiger charge is 2.37. The van der Waals surface area contributed by atoms with E-state index in [2.05, 4.69) is 5.32 Å². The molecule has 2 aliphatic carbocycles. The Morgan fingerprint density at radius 3 is 2.41 bits per heavy atom. The number of carbonyl (C=O) groups is 1. The maximum absolute atomic E-state index is 11.9. The molecule has 4 nitrogen and oxygen atoms in total. The van der Waals surface area contributed by atoms with Crippen LogP contribution in [0.2, 0.25) is 0 Å². The minimum absolute atomic E-state index is 0.284. The van der Waals surface area contributed by atoms with E-state index in [9.17, 15) is 15.0 Å². The second kappa shape index (κ2) is 5.36. The molecule has 1 unspecified atom stereocenters. The van der Waals surface area contributed by atoms with Gasteiger partial charge in [0.2, 0.25) is 0 Å². The highest BCUT2D eigenvalue weighted by molar-refractivity contribution is 5.84. The minimum Gasteiger partial charge on any atom is -0.391 e. The van der Waals surface area contributed by atoms with E-state index in [0.29, 0.717) is 18.8 Å². The maximum Gasteiger partial charge on any atom is 0.252 e. The van der Waals surface area contributed by atoms with E-state index in [4.69, 9.17) is 0 Å². The van der Waals surface area contributed by atoms with Gasteiger partial charge in [0, 0.05) is 6.54 Å². The van der Waals surface area contributed by atoms with Crippen LogP contribution < -0.4 is 5.32 Å². The summed E-state index contributed by atoms with van der Waals surface area (Å²) in [4.78, 5) is 11.9. The van der Waals surface area contributed by atoms with Crippen molar-refractivity contribution < 1.29 is 15.0 Å². The molecular formula is C13H23NO3. The molecule has 0 saturated heterocycles. The number of aliphatic hydroxyl groups excluding tert-OH is 1. The molecule has 2 aliphatic rings. The first kappa shape index (κ1) is 12.8. The first-order valence-electron chi connectivity index (χ1n) is 6.80. The van der Waals surface area contributed by atoms with Crippen molar-refractivity contribution in [3.8, 4) is 0 Å². The molecule has 2 rings (SSSR count). The van der Waals surface area contributed by atoms with Gasteiger partial charge >= 0.3 is 0 Å². The van der Waals surface area contributed by atoms with E-state index in [1.807, 2.05) is 0 Å². The lowest BCUT2D eigenvalue weighted by molar-refractivity contribution is -0.143. The van der Waals surface area contributed by atoms with Gasteiger partial charge in [-0.1, -0.05) is 25.7 Å². The van der Waals surface area contributed by atoms with Gasteiger partial charge in [0.05, 0.1) is 6.10 Å². The summed E-state index contributed by atoms with van der Waals surface area (Å²) in [6, 6.07) is 0. The van der Waals surface area contributed by atoms with E-state index < -0.39 is 11.7 Å². The van der Waals surface area contributed by atoms with Crippen LogP contribution in [0, 0.1) is 5.92 Å². The second-order valence-electron chi connectivity index (χ2n) is 5.56. The number of amides is 1. The molecule has 1 amide bonds. The summed E-state index contributed by atoms with van der Waals surface area (Å²) in [5.41, 5.74) is -1.18. The lowest BCUT2D eigenvalue weighted by atomic mass is 9.81. The Balaban J connectivity index is 1.75. The number of nitrogens with one attached hydrogen (secondary N) is 1. The quantitative estimate of drug-likeness (QED) is 0.686. The van der Waals surface area contributed by atoms with Crippen LogP contribution in [0.1, 0.15) is 51.4 Å². The molecule has 1 atom stereocenters. The Labute approximate surface area is 102 Å². The highest BCUT2D eigenvalue weighted by Crippen LogP contribution is 2.30. The predicted octanol–water partition coefficient (Wildman–Crippen LogP) is 0.959. The third kappa shape index (κ3) is 2.99. The molecule has 0 bridgehead atoms. The van der Waals surface area contributed by atoms with Crippen molar-refractivity contribution >= 4 is 5.91 Å². The molecule has 4 heteroatoms. The number of hydrogen-bond donors (Lipinski definition) is 3. The van der Waals surface area contributed by atoms with Gasteiger partial charge < -0.3 is 15.5 Å². The first-order valence-corrected chi connectivity index (χ1v) is 6.80. The Morgan fingerprint density at radius 1 is 1.24 bits per heavy atom. The van der Waals surface area contributed by atoms with Crippen LogP contribution in [-0.4, -0.2) is 34.4 Å². The zero-order valence-electron chi connectivity index (χ0n) is 10.3. The summed E-state index contributed by atoms with van der Waals surface area (Å²) in [6.45, 7) is 0.284. The molecule has 17 heavy (non-hydrogen) atoms. The van der Waals surface area contributed by atoms with Crippen molar-refractivity contribution in [1.29, 1.82) is 0 Å². The van der Waals surface area contributed by atoms with E-state index in [0.717, 1.165) is 32.1 Å². The normalized spacial score (nSPS) is 26.0. The first-order chi connectivity index (χ1) is 8.12. The van der Waals surface area contributed by atoms with E-state index in [1.165, 1.54) is 6.42 Å². The van der Waals surface area contributed by atoms with Gasteiger partial charge in [-0.2, -0.15) is 0 Å². The molecule has 0 aromatic rings. The summed E-state index contributed by atoms with van der Waals surface area (Å²) in [7, 11) is 0. The van der Waals surface area contributed by atoms with Crippen molar-refractivity contribution in [2.45, 2.75) is 63.1 Å². The Hall–Kier alpha value is -0.610. The van der Waals surface area contributed by atoms with Crippen LogP contribution >= 0.6 is 0 Å². The van der Waals surface area contributed by atoms with Crippen molar-refractivity contribution in [3.63, 3.8) is 0 Å². The van der Waals surface area contributed by atoms with Crippen LogP contribution in [0.4, 0.5) is 0 Å². The zero-order valence-corrected chi connectivity index (χ0v) is 10.3. The zero-order chi connectivity index (χ0) is 12.3.